The van der Waals surface area contributed by atoms with Crippen molar-refractivity contribution in [2.24, 2.45) is 0 Å². The fourth-order valence-corrected chi connectivity index (χ4v) is 7.92. The fourth-order valence-electron chi connectivity index (χ4n) is 6.95. The first kappa shape index (κ1) is 58.7. The second-order valence-electron chi connectivity index (χ2n) is 16.7. The normalized spacial score (nSPS) is 23.1. The third-order valence-corrected chi connectivity index (χ3v) is 11.8. The molecule has 0 bridgehead atoms. The molecule has 1 saturated carbocycles. The van der Waals surface area contributed by atoms with Gasteiger partial charge < -0.3 is 50.1 Å². The van der Waals surface area contributed by atoms with E-state index in [4.69, 9.17) is 18.5 Å². The molecule has 0 aromatic rings. The first-order valence-electron chi connectivity index (χ1n) is 23.7. The topological polar surface area (TPSA) is 250 Å². The van der Waals surface area contributed by atoms with E-state index in [0.717, 1.165) is 38.5 Å². The molecule has 0 amide bonds. The van der Waals surface area contributed by atoms with Gasteiger partial charge in [0.25, 0.3) is 0 Å². The maximum atomic E-state index is 12.8. The zero-order valence-corrected chi connectivity index (χ0v) is 39.0. The van der Waals surface area contributed by atoms with E-state index in [9.17, 15) is 54.8 Å². The third kappa shape index (κ3) is 29.8. The number of ether oxygens (including phenoxy) is 2. The highest BCUT2D eigenvalue weighted by molar-refractivity contribution is 7.47. The fraction of sp³-hybridized carbons (Fsp3) is 0.787. The molecule has 10 atom stereocenters. The Bertz CT molecular complexity index is 1320. The van der Waals surface area contributed by atoms with Crippen LogP contribution in [0, 0.1) is 0 Å². The van der Waals surface area contributed by atoms with E-state index in [0.29, 0.717) is 12.8 Å². The van der Waals surface area contributed by atoms with Gasteiger partial charge in [-0.25, -0.2) is 4.57 Å². The first-order valence-corrected chi connectivity index (χ1v) is 25.2. The van der Waals surface area contributed by atoms with Crippen LogP contribution < -0.4 is 0 Å². The molecule has 0 aromatic carbocycles. The lowest BCUT2D eigenvalue weighted by Gasteiger charge is -2.41. The van der Waals surface area contributed by atoms with Gasteiger partial charge in [-0.1, -0.05) is 165 Å². The second kappa shape index (κ2) is 36.9. The summed E-state index contributed by atoms with van der Waals surface area (Å²) in [6, 6.07) is 0. The highest BCUT2D eigenvalue weighted by Crippen LogP contribution is 2.47. The van der Waals surface area contributed by atoms with E-state index < -0.39 is 87.9 Å². The largest absolute Gasteiger partial charge is 0.472 e. The van der Waals surface area contributed by atoms with Gasteiger partial charge in [0.15, 0.2) is 6.10 Å². The van der Waals surface area contributed by atoms with Gasteiger partial charge in [0.1, 0.15) is 43.2 Å². The van der Waals surface area contributed by atoms with Crippen LogP contribution in [-0.2, 0) is 32.7 Å². The van der Waals surface area contributed by atoms with E-state index >= 15 is 0 Å². The zero-order valence-electron chi connectivity index (χ0n) is 38.1. The Morgan fingerprint density at radius 3 is 1.60 bits per heavy atom. The number of hydrogen-bond donors (Lipinski definition) is 8. The molecule has 0 spiro atoms. The molecule has 16 heteroatoms. The van der Waals surface area contributed by atoms with Crippen molar-refractivity contribution in [3.8, 4) is 0 Å². The van der Waals surface area contributed by atoms with Crippen LogP contribution in [0.4, 0.5) is 0 Å². The number of aliphatic hydroxyl groups excluding tert-OH is 7. The summed E-state index contributed by atoms with van der Waals surface area (Å²) in [7, 11) is -5.18. The predicted octanol–water partition coefficient (Wildman–Crippen LogP) is 7.11. The lowest BCUT2D eigenvalue weighted by Crippen LogP contribution is -2.64. The Labute approximate surface area is 376 Å². The van der Waals surface area contributed by atoms with Crippen molar-refractivity contribution in [3.05, 3.63) is 48.6 Å². The van der Waals surface area contributed by atoms with Crippen LogP contribution in [0.1, 0.15) is 168 Å². The molecule has 15 nitrogen and oxygen atoms in total. The Balaban J connectivity index is 2.57. The van der Waals surface area contributed by atoms with E-state index in [1.54, 1.807) is 36.5 Å². The van der Waals surface area contributed by atoms with Gasteiger partial charge in [0.05, 0.1) is 18.8 Å². The van der Waals surface area contributed by atoms with E-state index in [1.807, 2.05) is 6.08 Å². The van der Waals surface area contributed by atoms with Crippen LogP contribution >= 0.6 is 7.82 Å². The Morgan fingerprint density at radius 1 is 0.571 bits per heavy atom. The zero-order chi connectivity index (χ0) is 46.7. The summed E-state index contributed by atoms with van der Waals surface area (Å²) in [5.74, 6) is -1.34. The van der Waals surface area contributed by atoms with Crippen molar-refractivity contribution in [1.29, 1.82) is 0 Å². The first-order chi connectivity index (χ1) is 30.2. The summed E-state index contributed by atoms with van der Waals surface area (Å²) in [6.45, 7) is 3.03. The average molecular weight is 919 g/mol. The molecule has 1 aliphatic rings. The summed E-state index contributed by atoms with van der Waals surface area (Å²) in [6.07, 6.45) is 22.1. The predicted molar refractivity (Wildman–Crippen MR) is 242 cm³/mol. The number of unbranched alkanes of at least 4 members (excludes halogenated alkanes) is 17. The molecule has 0 heterocycles. The minimum Gasteiger partial charge on any atom is -0.462 e. The minimum absolute atomic E-state index is 0.0459. The van der Waals surface area contributed by atoms with Crippen LogP contribution in [-0.4, -0.2) is 121 Å². The molecule has 366 valence electrons. The van der Waals surface area contributed by atoms with Crippen molar-refractivity contribution in [2.45, 2.75) is 223 Å². The number of phosphoric ester groups is 1. The lowest BCUT2D eigenvalue weighted by molar-refractivity contribution is -0.220. The summed E-state index contributed by atoms with van der Waals surface area (Å²) in [5.41, 5.74) is 0. The van der Waals surface area contributed by atoms with Crippen molar-refractivity contribution >= 4 is 19.8 Å². The van der Waals surface area contributed by atoms with Gasteiger partial charge in [0, 0.05) is 12.8 Å². The highest BCUT2D eigenvalue weighted by atomic mass is 31.2. The molecule has 1 fully saturated rings. The molecule has 63 heavy (non-hydrogen) atoms. The van der Waals surface area contributed by atoms with Crippen LogP contribution in [0.15, 0.2) is 48.6 Å². The van der Waals surface area contributed by atoms with Crippen LogP contribution in [0.2, 0.25) is 0 Å². The average Bonchev–Trinajstić information content (AvgIpc) is 3.25. The maximum Gasteiger partial charge on any atom is 0.472 e. The van der Waals surface area contributed by atoms with Crippen LogP contribution in [0.5, 0.6) is 0 Å². The highest BCUT2D eigenvalue weighted by Gasteiger charge is 2.51. The number of rotatable bonds is 38. The number of carbonyl (C=O) groups excluding carboxylic acids is 2. The molecule has 1 rings (SSSR count). The molecule has 3 unspecified atom stereocenters. The van der Waals surface area contributed by atoms with E-state index in [2.05, 4.69) is 19.9 Å². The monoisotopic (exact) mass is 919 g/mol. The number of carbonyl (C=O) groups is 2. The van der Waals surface area contributed by atoms with Gasteiger partial charge in [0.2, 0.25) is 0 Å². The Kier molecular flexibility index (Phi) is 34.4. The molecule has 0 saturated heterocycles. The van der Waals surface area contributed by atoms with Crippen molar-refractivity contribution in [3.63, 3.8) is 0 Å². The summed E-state index contributed by atoms with van der Waals surface area (Å²) >= 11 is 0. The van der Waals surface area contributed by atoms with Crippen LogP contribution in [0.25, 0.3) is 0 Å². The summed E-state index contributed by atoms with van der Waals surface area (Å²) < 4.78 is 33.4. The quantitative estimate of drug-likeness (QED) is 0.0101. The molecular weight excluding hydrogens is 835 g/mol. The summed E-state index contributed by atoms with van der Waals surface area (Å²) in [4.78, 5) is 35.7. The van der Waals surface area contributed by atoms with Gasteiger partial charge in [-0.05, 0) is 38.5 Å². The van der Waals surface area contributed by atoms with Crippen LogP contribution in [0.3, 0.4) is 0 Å². The SMILES string of the molecule is CCCCC/C=C\C[C@@H](O)/C=C/C=C/C=C\[C@@H](O)CCCC(=O)OC[C@H](COP(=O)(O)OC1[C@H](O)[C@H](O)C(O)[C@H](O)[C@H]1O)OC(=O)CCCCCCCCCCCCCCCCC. The smallest absolute Gasteiger partial charge is 0.462 e. The van der Waals surface area contributed by atoms with Gasteiger partial charge >= 0.3 is 19.8 Å². The van der Waals surface area contributed by atoms with Gasteiger partial charge in [-0.3, -0.25) is 18.6 Å². The number of esters is 2. The van der Waals surface area contributed by atoms with E-state index in [1.165, 1.54) is 77.0 Å². The van der Waals surface area contributed by atoms with Gasteiger partial charge in [-0.2, -0.15) is 0 Å². The van der Waals surface area contributed by atoms with Gasteiger partial charge in [-0.15, -0.1) is 0 Å². The number of aliphatic hydroxyl groups is 7. The van der Waals surface area contributed by atoms with E-state index in [-0.39, 0.29) is 25.7 Å². The Hall–Kier alpha value is -2.27. The molecular formula is C47H83O15P. The molecule has 0 radical (unpaired) electrons. The summed E-state index contributed by atoms with van der Waals surface area (Å²) in [5, 5.41) is 70.5. The molecule has 8 N–H and O–H groups in total. The number of hydrogen-bond acceptors (Lipinski definition) is 14. The molecule has 1 aliphatic carbocycles. The van der Waals surface area contributed by atoms with Crippen molar-refractivity contribution in [1.82, 2.24) is 0 Å². The number of phosphoric acid groups is 1. The standard InChI is InChI=1S/C47H83O15P/c1-3-5-7-9-11-12-13-14-15-16-17-18-19-21-27-33-41(51)61-39(36-60-63(57,58)62-47-45(55)43(53)42(52)44(54)46(47)56)35-59-40(50)34-28-32-38(49)31-26-23-22-25-30-37(48)29-24-20-10-8-6-4-2/h20,22-26,30-31,37-39,42-49,52-56H,3-19,21,27-29,32-36H2,1-2H3,(H,57,58)/b23-22+,24-20-,30-25+,31-26-/t37-,38-,39-,42?,43-,44+,45-,46-,47?/m1/s1. The Morgan fingerprint density at radius 2 is 1.05 bits per heavy atom. The number of allylic oxidation sites excluding steroid dienone is 5. The molecule has 0 aromatic heterocycles. The second-order valence-corrected chi connectivity index (χ2v) is 18.1. The third-order valence-electron chi connectivity index (χ3n) is 10.9. The lowest BCUT2D eigenvalue weighted by atomic mass is 9.85. The molecule has 0 aliphatic heterocycles. The van der Waals surface area contributed by atoms with Crippen molar-refractivity contribution < 1.29 is 73.3 Å². The van der Waals surface area contributed by atoms with Crippen molar-refractivity contribution in [2.75, 3.05) is 13.2 Å². The minimum atomic E-state index is -5.18. The maximum absolute atomic E-state index is 12.8.